The molecule has 0 radical (unpaired) electrons. The molecule has 100 valence electrons. The van der Waals surface area contributed by atoms with Gasteiger partial charge in [0.1, 0.15) is 0 Å². The van der Waals surface area contributed by atoms with Crippen molar-refractivity contribution in [2.24, 2.45) is 0 Å². The standard InChI is InChI=1S/C15H17ClN2O/c1-18-9-10-4-5-11(16)7-13(10)14(15(18)19)8-12-3-2-6-17-12/h4-5,7-8,12,17H,2-3,6,9H2,1H3/b14-8-. The maximum atomic E-state index is 12.4. The van der Waals surface area contributed by atoms with Crippen LogP contribution in [-0.2, 0) is 11.3 Å². The lowest BCUT2D eigenvalue weighted by Gasteiger charge is -2.28. The molecule has 1 saturated heterocycles. The molecule has 3 rings (SSSR count). The second-order valence-corrected chi connectivity index (χ2v) is 5.68. The van der Waals surface area contributed by atoms with Gasteiger partial charge in [0, 0.05) is 30.2 Å². The predicted molar refractivity (Wildman–Crippen MR) is 76.9 cm³/mol. The average molecular weight is 277 g/mol. The third-order valence-corrected chi connectivity index (χ3v) is 4.05. The van der Waals surface area contributed by atoms with Crippen LogP contribution in [0.5, 0.6) is 0 Å². The van der Waals surface area contributed by atoms with Crippen molar-refractivity contribution in [3.8, 4) is 0 Å². The monoisotopic (exact) mass is 276 g/mol. The summed E-state index contributed by atoms with van der Waals surface area (Å²) < 4.78 is 0. The van der Waals surface area contributed by atoms with E-state index in [1.54, 1.807) is 4.90 Å². The average Bonchev–Trinajstić information content (AvgIpc) is 2.89. The number of carbonyl (C=O) groups excluding carboxylic acids is 1. The third-order valence-electron chi connectivity index (χ3n) is 3.81. The van der Waals surface area contributed by atoms with E-state index >= 15 is 0 Å². The highest BCUT2D eigenvalue weighted by molar-refractivity contribution is 6.31. The largest absolute Gasteiger partial charge is 0.337 e. The number of rotatable bonds is 1. The summed E-state index contributed by atoms with van der Waals surface area (Å²) in [5, 5.41) is 4.09. The highest BCUT2D eigenvalue weighted by atomic mass is 35.5. The maximum absolute atomic E-state index is 12.4. The lowest BCUT2D eigenvalue weighted by molar-refractivity contribution is -0.124. The van der Waals surface area contributed by atoms with E-state index in [2.05, 4.69) is 11.4 Å². The van der Waals surface area contributed by atoms with Crippen LogP contribution in [0.1, 0.15) is 24.0 Å². The van der Waals surface area contributed by atoms with Crippen molar-refractivity contribution in [1.29, 1.82) is 0 Å². The second-order valence-electron chi connectivity index (χ2n) is 5.25. The smallest absolute Gasteiger partial charge is 0.254 e. The van der Waals surface area contributed by atoms with Gasteiger partial charge in [-0.2, -0.15) is 0 Å². The van der Waals surface area contributed by atoms with Crippen LogP contribution in [0.25, 0.3) is 5.57 Å². The fourth-order valence-corrected chi connectivity index (χ4v) is 2.97. The zero-order valence-corrected chi connectivity index (χ0v) is 11.7. The normalized spacial score (nSPS) is 24.9. The van der Waals surface area contributed by atoms with Crippen LogP contribution in [0.15, 0.2) is 24.3 Å². The molecule has 0 spiro atoms. The minimum atomic E-state index is 0.0865. The van der Waals surface area contributed by atoms with Gasteiger partial charge in [0.25, 0.3) is 5.91 Å². The summed E-state index contributed by atoms with van der Waals surface area (Å²) in [4.78, 5) is 14.1. The van der Waals surface area contributed by atoms with Gasteiger partial charge in [-0.25, -0.2) is 0 Å². The molecule has 1 aromatic rings. The molecule has 0 saturated carbocycles. The van der Waals surface area contributed by atoms with Gasteiger partial charge < -0.3 is 10.2 Å². The lowest BCUT2D eigenvalue weighted by atomic mass is 9.93. The molecule has 3 nitrogen and oxygen atoms in total. The number of carbonyl (C=O) groups is 1. The molecule has 1 atom stereocenters. The summed E-state index contributed by atoms with van der Waals surface area (Å²) >= 11 is 6.07. The van der Waals surface area contributed by atoms with Gasteiger partial charge >= 0.3 is 0 Å². The Labute approximate surface area is 118 Å². The highest BCUT2D eigenvalue weighted by Crippen LogP contribution is 2.31. The molecular weight excluding hydrogens is 260 g/mol. The Bertz CT molecular complexity index is 547. The Balaban J connectivity index is 2.06. The van der Waals surface area contributed by atoms with Crippen molar-refractivity contribution in [2.75, 3.05) is 13.6 Å². The Morgan fingerprint density at radius 2 is 2.32 bits per heavy atom. The van der Waals surface area contributed by atoms with Gasteiger partial charge in [-0.15, -0.1) is 0 Å². The molecule has 2 aliphatic heterocycles. The van der Waals surface area contributed by atoms with Gasteiger partial charge in [0.15, 0.2) is 0 Å². The number of nitrogens with one attached hydrogen (secondary N) is 1. The van der Waals surface area contributed by atoms with Crippen molar-refractivity contribution < 1.29 is 4.79 Å². The molecule has 2 aliphatic rings. The predicted octanol–water partition coefficient (Wildman–Crippen LogP) is 2.45. The molecule has 1 amide bonds. The number of fused-ring (bicyclic) bond motifs is 1. The van der Waals surface area contributed by atoms with E-state index < -0.39 is 0 Å². The second kappa shape index (κ2) is 4.99. The first-order valence-electron chi connectivity index (χ1n) is 6.64. The summed E-state index contributed by atoms with van der Waals surface area (Å²) in [5.74, 6) is 0.0865. The minimum absolute atomic E-state index is 0.0865. The van der Waals surface area contributed by atoms with Crippen molar-refractivity contribution in [1.82, 2.24) is 10.2 Å². The topological polar surface area (TPSA) is 32.3 Å². The molecule has 2 heterocycles. The molecule has 0 bridgehead atoms. The number of hydrogen-bond donors (Lipinski definition) is 1. The van der Waals surface area contributed by atoms with Crippen molar-refractivity contribution in [2.45, 2.75) is 25.4 Å². The molecule has 1 unspecified atom stereocenters. The van der Waals surface area contributed by atoms with Crippen LogP contribution >= 0.6 is 11.6 Å². The van der Waals surface area contributed by atoms with Crippen LogP contribution in [0.2, 0.25) is 5.02 Å². The first kappa shape index (κ1) is 12.7. The van der Waals surface area contributed by atoms with Gasteiger partial charge in [-0.05, 0) is 42.6 Å². The summed E-state index contributed by atoms with van der Waals surface area (Å²) in [6.45, 7) is 1.68. The van der Waals surface area contributed by atoms with Crippen molar-refractivity contribution in [3.05, 3.63) is 40.4 Å². The highest BCUT2D eigenvalue weighted by Gasteiger charge is 2.27. The van der Waals surface area contributed by atoms with E-state index in [0.29, 0.717) is 17.6 Å². The SMILES string of the molecule is CN1Cc2ccc(Cl)cc2/C(=C/C2CCCN2)C1=O. The zero-order valence-electron chi connectivity index (χ0n) is 10.9. The molecular formula is C15H17ClN2O. The first-order chi connectivity index (χ1) is 9.15. The molecule has 0 aliphatic carbocycles. The van der Waals surface area contributed by atoms with E-state index in [-0.39, 0.29) is 5.91 Å². The van der Waals surface area contributed by atoms with Gasteiger partial charge in [0.05, 0.1) is 0 Å². The van der Waals surface area contributed by atoms with Crippen LogP contribution in [0, 0.1) is 0 Å². The maximum Gasteiger partial charge on any atom is 0.254 e. The van der Waals surface area contributed by atoms with Gasteiger partial charge in [-0.3, -0.25) is 4.79 Å². The molecule has 0 aromatic heterocycles. The first-order valence-corrected chi connectivity index (χ1v) is 7.02. The van der Waals surface area contributed by atoms with Crippen LogP contribution in [0.3, 0.4) is 0 Å². The van der Waals surface area contributed by atoms with Crippen molar-refractivity contribution >= 4 is 23.1 Å². The Morgan fingerprint density at radius 1 is 1.47 bits per heavy atom. The molecule has 19 heavy (non-hydrogen) atoms. The Hall–Kier alpha value is -1.32. The van der Waals surface area contributed by atoms with Gasteiger partial charge in [0.2, 0.25) is 0 Å². The number of benzene rings is 1. The quantitative estimate of drug-likeness (QED) is 0.799. The minimum Gasteiger partial charge on any atom is -0.337 e. The lowest BCUT2D eigenvalue weighted by Crippen LogP contribution is -2.33. The summed E-state index contributed by atoms with van der Waals surface area (Å²) in [7, 11) is 1.84. The summed E-state index contributed by atoms with van der Waals surface area (Å²) in [6, 6.07) is 6.10. The third kappa shape index (κ3) is 2.40. The molecule has 1 N–H and O–H groups in total. The van der Waals surface area contributed by atoms with Crippen LogP contribution in [-0.4, -0.2) is 30.4 Å². The zero-order chi connectivity index (χ0) is 13.4. The van der Waals surface area contributed by atoms with E-state index in [1.807, 2.05) is 25.2 Å². The number of halogens is 1. The van der Waals surface area contributed by atoms with E-state index in [1.165, 1.54) is 6.42 Å². The number of amides is 1. The molecule has 1 aromatic carbocycles. The van der Waals surface area contributed by atoms with Crippen LogP contribution < -0.4 is 5.32 Å². The van der Waals surface area contributed by atoms with E-state index in [9.17, 15) is 4.79 Å². The molecule has 1 fully saturated rings. The van der Waals surface area contributed by atoms with E-state index in [4.69, 9.17) is 11.6 Å². The van der Waals surface area contributed by atoms with Gasteiger partial charge in [-0.1, -0.05) is 23.7 Å². The summed E-state index contributed by atoms with van der Waals surface area (Å²) in [5.41, 5.74) is 2.94. The van der Waals surface area contributed by atoms with E-state index in [0.717, 1.165) is 29.7 Å². The Morgan fingerprint density at radius 3 is 3.05 bits per heavy atom. The molecule has 4 heteroatoms. The Kier molecular flexibility index (Phi) is 3.33. The van der Waals surface area contributed by atoms with Crippen LogP contribution in [0.4, 0.5) is 0 Å². The fourth-order valence-electron chi connectivity index (χ4n) is 2.80. The van der Waals surface area contributed by atoms with Crippen molar-refractivity contribution in [3.63, 3.8) is 0 Å². The number of nitrogens with zero attached hydrogens (tertiary/aromatic N) is 1. The summed E-state index contributed by atoms with van der Waals surface area (Å²) in [6.07, 6.45) is 4.33. The number of hydrogen-bond acceptors (Lipinski definition) is 2. The number of likely N-dealkylation sites (N-methyl/N-ethyl adjacent to an activating group) is 1. The fraction of sp³-hybridized carbons (Fsp3) is 0.400.